The highest BCUT2D eigenvalue weighted by Gasteiger charge is 2.24. The van der Waals surface area contributed by atoms with Crippen molar-refractivity contribution in [3.63, 3.8) is 0 Å². The van der Waals surface area contributed by atoms with Crippen LogP contribution in [0, 0.1) is 5.92 Å². The first-order valence-electron chi connectivity index (χ1n) is 7.56. The van der Waals surface area contributed by atoms with Gasteiger partial charge < -0.3 is 10.6 Å². The minimum atomic E-state index is 0.0752. The lowest BCUT2D eigenvalue weighted by atomic mass is 10.1. The third kappa shape index (κ3) is 3.69. The van der Waals surface area contributed by atoms with Gasteiger partial charge in [-0.15, -0.1) is 0 Å². The van der Waals surface area contributed by atoms with Gasteiger partial charge in [0.05, 0.1) is 0 Å². The third-order valence-corrected chi connectivity index (χ3v) is 3.92. The van der Waals surface area contributed by atoms with Crippen LogP contribution in [0.4, 0.5) is 5.82 Å². The van der Waals surface area contributed by atoms with Crippen molar-refractivity contribution in [3.8, 4) is 0 Å². The van der Waals surface area contributed by atoms with Crippen molar-refractivity contribution in [2.45, 2.75) is 58.5 Å². The highest BCUT2D eigenvalue weighted by Crippen LogP contribution is 2.28. The van der Waals surface area contributed by atoms with Gasteiger partial charge in [0.15, 0.2) is 0 Å². The quantitative estimate of drug-likeness (QED) is 0.882. The molecular weight excluding hydrogens is 234 g/mol. The van der Waals surface area contributed by atoms with Crippen LogP contribution in [0.2, 0.25) is 0 Å². The Hall–Kier alpha value is -1.09. The highest BCUT2D eigenvalue weighted by atomic mass is 15.2. The van der Waals surface area contributed by atoms with Crippen molar-refractivity contribution >= 4 is 5.82 Å². The average Bonchev–Trinajstić information content (AvgIpc) is 2.89. The van der Waals surface area contributed by atoms with Gasteiger partial charge in [-0.25, -0.2) is 4.98 Å². The molecule has 1 unspecified atom stereocenters. The fourth-order valence-corrected chi connectivity index (χ4v) is 2.91. The zero-order valence-corrected chi connectivity index (χ0v) is 12.5. The van der Waals surface area contributed by atoms with E-state index in [4.69, 9.17) is 5.73 Å². The number of anilines is 1. The van der Waals surface area contributed by atoms with E-state index in [2.05, 4.69) is 29.8 Å². The van der Waals surface area contributed by atoms with Gasteiger partial charge in [-0.2, -0.15) is 0 Å². The number of aromatic nitrogens is 1. The Morgan fingerprint density at radius 1 is 1.32 bits per heavy atom. The van der Waals surface area contributed by atoms with Gasteiger partial charge in [0.2, 0.25) is 0 Å². The molecule has 106 valence electrons. The number of nitrogens with zero attached hydrogens (tertiary/aromatic N) is 2. The van der Waals surface area contributed by atoms with E-state index in [1.807, 2.05) is 19.2 Å². The zero-order valence-electron chi connectivity index (χ0n) is 12.5. The van der Waals surface area contributed by atoms with E-state index >= 15 is 0 Å². The second kappa shape index (κ2) is 6.38. The van der Waals surface area contributed by atoms with Crippen molar-refractivity contribution < 1.29 is 0 Å². The molecule has 1 aromatic rings. The Kier molecular flexibility index (Phi) is 4.81. The summed E-state index contributed by atoms with van der Waals surface area (Å²) < 4.78 is 0. The molecule has 1 saturated carbocycles. The van der Waals surface area contributed by atoms with Gasteiger partial charge in [-0.05, 0) is 43.4 Å². The molecule has 1 aliphatic rings. The van der Waals surface area contributed by atoms with Gasteiger partial charge in [0, 0.05) is 24.8 Å². The van der Waals surface area contributed by atoms with Crippen LogP contribution in [0.15, 0.2) is 18.3 Å². The summed E-state index contributed by atoms with van der Waals surface area (Å²) in [6.45, 7) is 7.66. The first-order chi connectivity index (χ1) is 9.08. The predicted octanol–water partition coefficient (Wildman–Crippen LogP) is 3.51. The van der Waals surface area contributed by atoms with Crippen LogP contribution in [0.3, 0.4) is 0 Å². The largest absolute Gasteiger partial charge is 0.353 e. The van der Waals surface area contributed by atoms with E-state index in [0.29, 0.717) is 12.0 Å². The lowest BCUT2D eigenvalue weighted by Gasteiger charge is -2.32. The lowest BCUT2D eigenvalue weighted by molar-refractivity contribution is 0.531. The summed E-state index contributed by atoms with van der Waals surface area (Å²) in [5, 5.41) is 0. The number of rotatable bonds is 5. The molecule has 2 rings (SSSR count). The molecule has 1 aliphatic carbocycles. The van der Waals surface area contributed by atoms with Crippen molar-refractivity contribution in [3.05, 3.63) is 23.9 Å². The molecular formula is C16H27N3. The van der Waals surface area contributed by atoms with Crippen LogP contribution in [-0.4, -0.2) is 17.6 Å². The smallest absolute Gasteiger partial charge is 0.129 e. The molecule has 2 N–H and O–H groups in total. The molecule has 19 heavy (non-hydrogen) atoms. The Labute approximate surface area is 117 Å². The molecule has 1 aromatic heterocycles. The van der Waals surface area contributed by atoms with E-state index in [9.17, 15) is 0 Å². The molecule has 0 saturated heterocycles. The Balaban J connectivity index is 2.23. The number of pyridine rings is 1. The molecule has 1 heterocycles. The monoisotopic (exact) mass is 261 g/mol. The van der Waals surface area contributed by atoms with Crippen LogP contribution < -0.4 is 10.6 Å². The summed E-state index contributed by atoms with van der Waals surface area (Å²) in [6, 6.07) is 4.94. The highest BCUT2D eigenvalue weighted by molar-refractivity contribution is 5.43. The lowest BCUT2D eigenvalue weighted by Crippen LogP contribution is -2.37. The Morgan fingerprint density at radius 3 is 2.58 bits per heavy atom. The summed E-state index contributed by atoms with van der Waals surface area (Å²) in [5.41, 5.74) is 7.17. The van der Waals surface area contributed by atoms with Gasteiger partial charge in [-0.3, -0.25) is 0 Å². The average molecular weight is 261 g/mol. The van der Waals surface area contributed by atoms with Crippen molar-refractivity contribution in [1.82, 2.24) is 4.98 Å². The van der Waals surface area contributed by atoms with Crippen LogP contribution >= 0.6 is 0 Å². The number of hydrogen-bond donors (Lipinski definition) is 1. The predicted molar refractivity (Wildman–Crippen MR) is 81.3 cm³/mol. The summed E-state index contributed by atoms with van der Waals surface area (Å²) >= 11 is 0. The SMILES string of the molecule is CC(C)CN(c1cc(C(C)N)ccn1)C1CCCC1. The van der Waals surface area contributed by atoms with Crippen LogP contribution in [0.5, 0.6) is 0 Å². The van der Waals surface area contributed by atoms with E-state index in [-0.39, 0.29) is 6.04 Å². The topological polar surface area (TPSA) is 42.1 Å². The fourth-order valence-electron chi connectivity index (χ4n) is 2.91. The zero-order chi connectivity index (χ0) is 13.8. The Bertz CT molecular complexity index is 395. The van der Waals surface area contributed by atoms with Gasteiger partial charge in [0.1, 0.15) is 5.82 Å². The maximum atomic E-state index is 5.99. The second-order valence-electron chi connectivity index (χ2n) is 6.22. The summed E-state index contributed by atoms with van der Waals surface area (Å²) in [6.07, 6.45) is 7.21. The van der Waals surface area contributed by atoms with E-state index in [1.165, 1.54) is 31.2 Å². The molecule has 0 spiro atoms. The van der Waals surface area contributed by atoms with E-state index in [1.54, 1.807) is 0 Å². The molecule has 1 atom stereocenters. The van der Waals surface area contributed by atoms with Gasteiger partial charge >= 0.3 is 0 Å². The van der Waals surface area contributed by atoms with E-state index < -0.39 is 0 Å². The van der Waals surface area contributed by atoms with Gasteiger partial charge in [-0.1, -0.05) is 26.7 Å². The molecule has 0 bridgehead atoms. The molecule has 0 aliphatic heterocycles. The molecule has 1 fully saturated rings. The van der Waals surface area contributed by atoms with Crippen molar-refractivity contribution in [2.75, 3.05) is 11.4 Å². The maximum Gasteiger partial charge on any atom is 0.129 e. The van der Waals surface area contributed by atoms with Crippen LogP contribution in [0.25, 0.3) is 0 Å². The molecule has 0 aromatic carbocycles. The van der Waals surface area contributed by atoms with Crippen LogP contribution in [-0.2, 0) is 0 Å². The van der Waals surface area contributed by atoms with Crippen LogP contribution in [0.1, 0.15) is 58.1 Å². The summed E-state index contributed by atoms with van der Waals surface area (Å²) in [5.74, 6) is 1.76. The summed E-state index contributed by atoms with van der Waals surface area (Å²) in [4.78, 5) is 7.09. The van der Waals surface area contributed by atoms with Crippen molar-refractivity contribution in [1.29, 1.82) is 0 Å². The second-order valence-corrected chi connectivity index (χ2v) is 6.22. The fraction of sp³-hybridized carbons (Fsp3) is 0.688. The first-order valence-corrected chi connectivity index (χ1v) is 7.56. The van der Waals surface area contributed by atoms with Gasteiger partial charge in [0.25, 0.3) is 0 Å². The molecule has 3 heteroatoms. The van der Waals surface area contributed by atoms with Crippen molar-refractivity contribution in [2.24, 2.45) is 11.7 Å². The third-order valence-electron chi connectivity index (χ3n) is 3.92. The molecule has 0 radical (unpaired) electrons. The normalized spacial score (nSPS) is 17.9. The summed E-state index contributed by atoms with van der Waals surface area (Å²) in [7, 11) is 0. The minimum absolute atomic E-state index is 0.0752. The molecule has 3 nitrogen and oxygen atoms in total. The Morgan fingerprint density at radius 2 is 2.00 bits per heavy atom. The molecule has 0 amide bonds. The number of nitrogens with two attached hydrogens (primary N) is 1. The first kappa shape index (κ1) is 14.3. The standard InChI is InChI=1S/C16H27N3/c1-12(2)11-19(15-6-4-5-7-15)16-10-14(13(3)17)8-9-18-16/h8-10,12-13,15H,4-7,11,17H2,1-3H3. The minimum Gasteiger partial charge on any atom is -0.353 e. The number of hydrogen-bond acceptors (Lipinski definition) is 3. The maximum absolute atomic E-state index is 5.99. The van der Waals surface area contributed by atoms with E-state index in [0.717, 1.165) is 12.4 Å².